The number of nitrogens with zero attached hydrogens (tertiary/aromatic N) is 3. The van der Waals surface area contributed by atoms with E-state index in [4.69, 9.17) is 16.3 Å². The van der Waals surface area contributed by atoms with Gasteiger partial charge in [-0.1, -0.05) is 29.8 Å². The van der Waals surface area contributed by atoms with Crippen molar-refractivity contribution in [1.29, 1.82) is 5.26 Å². The Balaban J connectivity index is 1.85. The molecule has 0 saturated carbocycles. The molecular weight excluding hydrogens is 465 g/mol. The number of ether oxygens (including phenoxy) is 1. The van der Waals surface area contributed by atoms with Crippen molar-refractivity contribution in [2.45, 2.75) is 27.3 Å². The lowest BCUT2D eigenvalue weighted by atomic mass is 9.99. The van der Waals surface area contributed by atoms with Crippen LogP contribution in [0.15, 0.2) is 60.8 Å². The number of carbonyl (C=O) groups excluding carboxylic acids is 1. The van der Waals surface area contributed by atoms with Crippen LogP contribution in [0, 0.1) is 24.1 Å². The van der Waals surface area contributed by atoms with Gasteiger partial charge in [-0.25, -0.2) is 9.18 Å². The molecule has 35 heavy (non-hydrogen) atoms. The van der Waals surface area contributed by atoms with Gasteiger partial charge in [-0.2, -0.15) is 5.26 Å². The monoisotopic (exact) mass is 489 g/mol. The average Bonchev–Trinajstić information content (AvgIpc) is 3.27. The van der Waals surface area contributed by atoms with Gasteiger partial charge in [0.2, 0.25) is 0 Å². The number of aryl methyl sites for hydroxylation is 1. The molecule has 0 saturated heterocycles. The van der Waals surface area contributed by atoms with E-state index in [1.807, 2.05) is 48.9 Å². The molecule has 4 rings (SSSR count). The minimum absolute atomic E-state index is 0.251. The maximum absolute atomic E-state index is 14.8. The van der Waals surface area contributed by atoms with E-state index in [0.29, 0.717) is 40.6 Å². The molecule has 0 unspecified atom stereocenters. The van der Waals surface area contributed by atoms with Crippen molar-refractivity contribution in [2.24, 2.45) is 0 Å². The highest BCUT2D eigenvalue weighted by atomic mass is 35.5. The predicted octanol–water partition coefficient (Wildman–Crippen LogP) is 7.17. The first-order chi connectivity index (χ1) is 16.9. The molecule has 4 aromatic rings. The number of amides is 1. The molecule has 0 bridgehead atoms. The van der Waals surface area contributed by atoms with E-state index in [1.54, 1.807) is 42.2 Å². The van der Waals surface area contributed by atoms with E-state index in [2.05, 4.69) is 6.07 Å². The highest BCUT2D eigenvalue weighted by molar-refractivity contribution is 6.31. The van der Waals surface area contributed by atoms with Crippen molar-refractivity contribution in [3.05, 3.63) is 88.3 Å². The average molecular weight is 490 g/mol. The smallest absolute Gasteiger partial charge is 0.410 e. The van der Waals surface area contributed by atoms with E-state index in [1.165, 1.54) is 0 Å². The van der Waals surface area contributed by atoms with Crippen LogP contribution in [0.1, 0.15) is 30.5 Å². The number of carbonyl (C=O) groups is 1. The Bertz CT molecular complexity index is 1430. The standard InChI is InChI=1S/C28H25ClFN3O2/c1-4-32(5-2)28(34)35-25-13-12-24-21(26(25)20-9-7-19(16-31)8-10-20)14-15-33(24)17-22-23(29)11-6-18(3)27(22)30/h6-15H,4-5,17H2,1-3H3. The van der Waals surface area contributed by atoms with Crippen LogP contribution in [0.2, 0.25) is 5.02 Å². The second-order valence-corrected chi connectivity index (χ2v) is 8.61. The first kappa shape index (κ1) is 24.3. The fraction of sp³-hybridized carbons (Fsp3) is 0.214. The van der Waals surface area contributed by atoms with Crippen LogP contribution in [0.25, 0.3) is 22.0 Å². The Labute approximate surface area is 208 Å². The van der Waals surface area contributed by atoms with Crippen LogP contribution >= 0.6 is 11.6 Å². The third kappa shape index (κ3) is 4.73. The minimum Gasteiger partial charge on any atom is -0.410 e. The van der Waals surface area contributed by atoms with Gasteiger partial charge in [-0.15, -0.1) is 0 Å². The molecule has 1 heterocycles. The van der Waals surface area contributed by atoms with Crippen LogP contribution in [0.3, 0.4) is 0 Å². The summed E-state index contributed by atoms with van der Waals surface area (Å²) in [5.41, 5.74) is 3.84. The maximum Gasteiger partial charge on any atom is 0.415 e. The third-order valence-electron chi connectivity index (χ3n) is 6.14. The molecule has 1 aromatic heterocycles. The Morgan fingerprint density at radius 2 is 1.80 bits per heavy atom. The molecule has 0 N–H and O–H groups in total. The molecule has 5 nitrogen and oxygen atoms in total. The van der Waals surface area contributed by atoms with E-state index in [9.17, 15) is 14.4 Å². The Morgan fingerprint density at radius 3 is 2.46 bits per heavy atom. The zero-order valence-electron chi connectivity index (χ0n) is 19.8. The number of aromatic nitrogens is 1. The van der Waals surface area contributed by atoms with Crippen LogP contribution < -0.4 is 4.74 Å². The van der Waals surface area contributed by atoms with Gasteiger partial charge in [-0.05, 0) is 68.3 Å². The van der Waals surface area contributed by atoms with Gasteiger partial charge in [-0.3, -0.25) is 0 Å². The molecule has 7 heteroatoms. The molecule has 0 radical (unpaired) electrons. The van der Waals surface area contributed by atoms with Crippen molar-refractivity contribution in [3.8, 4) is 22.9 Å². The number of nitriles is 1. The van der Waals surface area contributed by atoms with Crippen molar-refractivity contribution in [2.75, 3.05) is 13.1 Å². The summed E-state index contributed by atoms with van der Waals surface area (Å²) in [5.74, 6) is 0.0908. The largest absolute Gasteiger partial charge is 0.415 e. The first-order valence-corrected chi connectivity index (χ1v) is 11.8. The molecule has 0 aliphatic rings. The number of benzene rings is 3. The highest BCUT2D eigenvalue weighted by Crippen LogP contribution is 2.38. The van der Waals surface area contributed by atoms with Gasteiger partial charge in [0.05, 0.1) is 18.2 Å². The Morgan fingerprint density at radius 1 is 1.09 bits per heavy atom. The topological polar surface area (TPSA) is 58.3 Å². The molecule has 0 aliphatic heterocycles. The van der Waals surface area contributed by atoms with E-state index in [0.717, 1.165) is 22.0 Å². The second-order valence-electron chi connectivity index (χ2n) is 8.20. The molecule has 0 fully saturated rings. The molecule has 1 amide bonds. The first-order valence-electron chi connectivity index (χ1n) is 11.4. The number of rotatable bonds is 6. The summed E-state index contributed by atoms with van der Waals surface area (Å²) < 4.78 is 22.6. The molecule has 178 valence electrons. The lowest BCUT2D eigenvalue weighted by molar-refractivity contribution is 0.157. The van der Waals surface area contributed by atoms with E-state index >= 15 is 0 Å². The van der Waals surface area contributed by atoms with Gasteiger partial charge in [0, 0.05) is 46.3 Å². The highest BCUT2D eigenvalue weighted by Gasteiger charge is 2.20. The van der Waals surface area contributed by atoms with Crippen LogP contribution in [-0.2, 0) is 6.54 Å². The number of hydrogen-bond acceptors (Lipinski definition) is 3. The normalized spacial score (nSPS) is 10.9. The second kappa shape index (κ2) is 10.2. The van der Waals surface area contributed by atoms with Crippen molar-refractivity contribution < 1.29 is 13.9 Å². The van der Waals surface area contributed by atoms with Gasteiger partial charge in [0.15, 0.2) is 0 Å². The summed E-state index contributed by atoms with van der Waals surface area (Å²) in [6.07, 6.45) is 1.43. The summed E-state index contributed by atoms with van der Waals surface area (Å²) in [7, 11) is 0. The number of fused-ring (bicyclic) bond motifs is 1. The van der Waals surface area contributed by atoms with Gasteiger partial charge >= 0.3 is 6.09 Å². The summed E-state index contributed by atoms with van der Waals surface area (Å²) in [6, 6.07) is 18.1. The molecular formula is C28H25ClFN3O2. The van der Waals surface area contributed by atoms with Crippen LogP contribution in [-0.4, -0.2) is 28.6 Å². The molecule has 0 spiro atoms. The van der Waals surface area contributed by atoms with Crippen LogP contribution in [0.5, 0.6) is 5.75 Å². The quantitative estimate of drug-likeness (QED) is 0.288. The molecule has 0 atom stereocenters. The van der Waals surface area contributed by atoms with Crippen LogP contribution in [0.4, 0.5) is 9.18 Å². The van der Waals surface area contributed by atoms with Gasteiger partial charge in [0.1, 0.15) is 11.6 Å². The summed E-state index contributed by atoms with van der Waals surface area (Å²) in [5, 5.41) is 10.4. The summed E-state index contributed by atoms with van der Waals surface area (Å²) in [4.78, 5) is 14.3. The SMILES string of the molecule is CCN(CC)C(=O)Oc1ccc2c(ccn2Cc2c(Cl)ccc(C)c2F)c1-c1ccc(C#N)cc1. The fourth-order valence-corrected chi connectivity index (χ4v) is 4.36. The lowest BCUT2D eigenvalue weighted by Gasteiger charge is -2.20. The number of halogens is 2. The number of hydrogen-bond donors (Lipinski definition) is 0. The Hall–Kier alpha value is -3.82. The summed E-state index contributed by atoms with van der Waals surface area (Å²) in [6.45, 7) is 6.81. The predicted molar refractivity (Wildman–Crippen MR) is 136 cm³/mol. The lowest BCUT2D eigenvalue weighted by Crippen LogP contribution is -2.33. The van der Waals surface area contributed by atoms with E-state index in [-0.39, 0.29) is 12.4 Å². The van der Waals surface area contributed by atoms with Crippen molar-refractivity contribution >= 4 is 28.6 Å². The van der Waals surface area contributed by atoms with Gasteiger partial charge < -0.3 is 14.2 Å². The third-order valence-corrected chi connectivity index (χ3v) is 6.50. The Kier molecular flexibility index (Phi) is 7.09. The molecule has 3 aromatic carbocycles. The zero-order chi connectivity index (χ0) is 25.1. The minimum atomic E-state index is -0.433. The van der Waals surface area contributed by atoms with Crippen molar-refractivity contribution in [1.82, 2.24) is 9.47 Å². The maximum atomic E-state index is 14.8. The zero-order valence-corrected chi connectivity index (χ0v) is 20.6. The van der Waals surface area contributed by atoms with Gasteiger partial charge in [0.25, 0.3) is 0 Å². The fourth-order valence-electron chi connectivity index (χ4n) is 4.16. The van der Waals surface area contributed by atoms with E-state index < -0.39 is 6.09 Å². The van der Waals surface area contributed by atoms with Crippen molar-refractivity contribution in [3.63, 3.8) is 0 Å². The molecule has 0 aliphatic carbocycles. The summed E-state index contributed by atoms with van der Waals surface area (Å²) >= 11 is 6.32.